The summed E-state index contributed by atoms with van der Waals surface area (Å²) in [6.45, 7) is 3.88. The number of aryl methyl sites for hydroxylation is 2. The molecule has 2 N–H and O–H groups in total. The highest BCUT2D eigenvalue weighted by Gasteiger charge is 2.05. The molecule has 0 saturated carbocycles. The second-order valence-corrected chi connectivity index (χ2v) is 6.58. The van der Waals surface area contributed by atoms with Gasteiger partial charge in [0.25, 0.3) is 5.91 Å². The van der Waals surface area contributed by atoms with Crippen molar-refractivity contribution in [3.8, 4) is 5.75 Å². The molecular formula is C21H20ClN3O2. The van der Waals surface area contributed by atoms with Crippen LogP contribution in [0, 0.1) is 13.8 Å². The van der Waals surface area contributed by atoms with E-state index in [4.69, 9.17) is 16.3 Å². The van der Waals surface area contributed by atoms with Crippen molar-refractivity contribution in [2.24, 2.45) is 0 Å². The summed E-state index contributed by atoms with van der Waals surface area (Å²) < 4.78 is 5.46. The second kappa shape index (κ2) is 8.56. The molecule has 0 aliphatic carbocycles. The number of ether oxygens (including phenoxy) is 1. The molecule has 6 heteroatoms. The third kappa shape index (κ3) is 5.46. The minimum absolute atomic E-state index is 0.0646. The first kappa shape index (κ1) is 18.7. The molecule has 3 aromatic rings. The lowest BCUT2D eigenvalue weighted by atomic mass is 10.2. The van der Waals surface area contributed by atoms with Crippen molar-refractivity contribution in [2.45, 2.75) is 13.8 Å². The van der Waals surface area contributed by atoms with Crippen LogP contribution in [-0.2, 0) is 4.79 Å². The SMILES string of the molecule is Cc1ccc(OCC(=O)Nc2ccc(Nc3ccc(C)c(Cl)c3)nc2)cc1. The van der Waals surface area contributed by atoms with E-state index in [-0.39, 0.29) is 12.5 Å². The van der Waals surface area contributed by atoms with Gasteiger partial charge in [-0.2, -0.15) is 0 Å². The van der Waals surface area contributed by atoms with E-state index >= 15 is 0 Å². The van der Waals surface area contributed by atoms with Crippen LogP contribution in [0.25, 0.3) is 0 Å². The number of amides is 1. The van der Waals surface area contributed by atoms with Gasteiger partial charge in [-0.15, -0.1) is 0 Å². The van der Waals surface area contributed by atoms with Crippen molar-refractivity contribution in [1.29, 1.82) is 0 Å². The Morgan fingerprint density at radius 3 is 2.44 bits per heavy atom. The van der Waals surface area contributed by atoms with Gasteiger partial charge < -0.3 is 15.4 Å². The Kier molecular flexibility index (Phi) is 5.94. The van der Waals surface area contributed by atoms with Crippen molar-refractivity contribution in [2.75, 3.05) is 17.2 Å². The molecule has 3 rings (SSSR count). The van der Waals surface area contributed by atoms with Crippen molar-refractivity contribution in [1.82, 2.24) is 4.98 Å². The molecule has 0 aliphatic rings. The Hall–Kier alpha value is -3.05. The maximum atomic E-state index is 12.0. The van der Waals surface area contributed by atoms with Crippen LogP contribution in [0.5, 0.6) is 5.75 Å². The predicted octanol–water partition coefficient (Wildman–Crippen LogP) is 5.11. The highest BCUT2D eigenvalue weighted by Crippen LogP contribution is 2.22. The van der Waals surface area contributed by atoms with Crippen LogP contribution in [0.15, 0.2) is 60.8 Å². The zero-order valence-corrected chi connectivity index (χ0v) is 15.9. The fraction of sp³-hybridized carbons (Fsp3) is 0.143. The number of nitrogens with one attached hydrogen (secondary N) is 2. The number of pyridine rings is 1. The lowest BCUT2D eigenvalue weighted by Gasteiger charge is -2.09. The van der Waals surface area contributed by atoms with Crippen LogP contribution in [0.3, 0.4) is 0 Å². The smallest absolute Gasteiger partial charge is 0.262 e. The van der Waals surface area contributed by atoms with Crippen molar-refractivity contribution in [3.63, 3.8) is 0 Å². The highest BCUT2D eigenvalue weighted by molar-refractivity contribution is 6.31. The van der Waals surface area contributed by atoms with Gasteiger partial charge in [0.05, 0.1) is 11.9 Å². The molecule has 0 bridgehead atoms. The van der Waals surface area contributed by atoms with Crippen LogP contribution in [0.4, 0.5) is 17.2 Å². The topological polar surface area (TPSA) is 63.2 Å². The van der Waals surface area contributed by atoms with Gasteiger partial charge in [0.2, 0.25) is 0 Å². The predicted molar refractivity (Wildman–Crippen MR) is 109 cm³/mol. The maximum Gasteiger partial charge on any atom is 0.262 e. The van der Waals surface area contributed by atoms with Gasteiger partial charge >= 0.3 is 0 Å². The van der Waals surface area contributed by atoms with Gasteiger partial charge in [-0.25, -0.2) is 4.98 Å². The number of anilines is 3. The van der Waals surface area contributed by atoms with Gasteiger partial charge in [-0.3, -0.25) is 4.79 Å². The molecule has 1 aromatic heterocycles. The summed E-state index contributed by atoms with van der Waals surface area (Å²) in [6, 6.07) is 16.8. The fourth-order valence-electron chi connectivity index (χ4n) is 2.34. The molecule has 0 spiro atoms. The molecule has 27 heavy (non-hydrogen) atoms. The summed E-state index contributed by atoms with van der Waals surface area (Å²) in [7, 11) is 0. The van der Waals surface area contributed by atoms with Crippen LogP contribution in [-0.4, -0.2) is 17.5 Å². The van der Waals surface area contributed by atoms with Gasteiger partial charge in [0.15, 0.2) is 6.61 Å². The van der Waals surface area contributed by atoms with Crippen LogP contribution >= 0.6 is 11.6 Å². The second-order valence-electron chi connectivity index (χ2n) is 6.17. The van der Waals surface area contributed by atoms with Gasteiger partial charge in [-0.05, 0) is 55.8 Å². The average molecular weight is 382 g/mol. The number of halogens is 1. The van der Waals surface area contributed by atoms with Gasteiger partial charge in [0, 0.05) is 10.7 Å². The third-order valence-electron chi connectivity index (χ3n) is 3.88. The number of nitrogens with zero attached hydrogens (tertiary/aromatic N) is 1. The first-order valence-corrected chi connectivity index (χ1v) is 8.86. The van der Waals surface area contributed by atoms with E-state index in [9.17, 15) is 4.79 Å². The number of benzene rings is 2. The maximum absolute atomic E-state index is 12.0. The summed E-state index contributed by atoms with van der Waals surface area (Å²) in [6.07, 6.45) is 1.59. The van der Waals surface area contributed by atoms with E-state index in [1.165, 1.54) is 0 Å². The average Bonchev–Trinajstić information content (AvgIpc) is 2.66. The molecule has 0 fully saturated rings. The van der Waals surface area contributed by atoms with E-state index in [2.05, 4.69) is 15.6 Å². The summed E-state index contributed by atoms with van der Waals surface area (Å²) in [5.74, 6) is 1.07. The Bertz CT molecular complexity index is 925. The fourth-order valence-corrected chi connectivity index (χ4v) is 2.52. The zero-order valence-electron chi connectivity index (χ0n) is 15.1. The molecular weight excluding hydrogens is 362 g/mol. The number of hydrogen-bond donors (Lipinski definition) is 2. The molecule has 138 valence electrons. The molecule has 0 aliphatic heterocycles. The van der Waals surface area contributed by atoms with Crippen LogP contribution in [0.1, 0.15) is 11.1 Å². The molecule has 0 atom stereocenters. The van der Waals surface area contributed by atoms with E-state index in [1.807, 2.05) is 56.3 Å². The Morgan fingerprint density at radius 1 is 1.04 bits per heavy atom. The summed E-state index contributed by atoms with van der Waals surface area (Å²) >= 11 is 6.12. The Balaban J connectivity index is 1.52. The lowest BCUT2D eigenvalue weighted by Crippen LogP contribution is -2.20. The molecule has 5 nitrogen and oxygen atoms in total. The standard InChI is InChI=1S/C21H20ClN3O2/c1-14-3-8-18(9-4-14)27-13-21(26)25-17-7-10-20(23-12-17)24-16-6-5-15(2)19(22)11-16/h3-12H,13H2,1-2H3,(H,23,24)(H,25,26). The van der Waals surface area contributed by atoms with Gasteiger partial charge in [0.1, 0.15) is 11.6 Å². The molecule has 1 heterocycles. The zero-order chi connectivity index (χ0) is 19.2. The molecule has 0 unspecified atom stereocenters. The minimum atomic E-state index is -0.247. The van der Waals surface area contributed by atoms with E-state index in [0.717, 1.165) is 16.8 Å². The molecule has 0 radical (unpaired) electrons. The van der Waals surface area contributed by atoms with Crippen molar-refractivity contribution in [3.05, 3.63) is 76.9 Å². The largest absolute Gasteiger partial charge is 0.484 e. The lowest BCUT2D eigenvalue weighted by molar-refractivity contribution is -0.118. The number of carbonyl (C=O) groups excluding carboxylic acids is 1. The number of carbonyl (C=O) groups is 1. The Morgan fingerprint density at radius 2 is 1.78 bits per heavy atom. The normalized spacial score (nSPS) is 10.3. The quantitative estimate of drug-likeness (QED) is 0.622. The molecule has 0 saturated heterocycles. The van der Waals surface area contributed by atoms with Crippen molar-refractivity contribution >= 4 is 34.7 Å². The van der Waals surface area contributed by atoms with E-state index in [1.54, 1.807) is 18.3 Å². The minimum Gasteiger partial charge on any atom is -0.484 e. The van der Waals surface area contributed by atoms with E-state index in [0.29, 0.717) is 22.3 Å². The monoisotopic (exact) mass is 381 g/mol. The molecule has 1 amide bonds. The van der Waals surface area contributed by atoms with Crippen LogP contribution in [0.2, 0.25) is 5.02 Å². The van der Waals surface area contributed by atoms with Crippen molar-refractivity contribution < 1.29 is 9.53 Å². The Labute approximate surface area is 163 Å². The first-order valence-electron chi connectivity index (χ1n) is 8.48. The van der Waals surface area contributed by atoms with E-state index < -0.39 is 0 Å². The molecule has 2 aromatic carbocycles. The summed E-state index contributed by atoms with van der Waals surface area (Å²) in [5.41, 5.74) is 3.60. The third-order valence-corrected chi connectivity index (χ3v) is 4.29. The summed E-state index contributed by atoms with van der Waals surface area (Å²) in [5, 5.41) is 6.62. The number of rotatable bonds is 6. The highest BCUT2D eigenvalue weighted by atomic mass is 35.5. The number of aromatic nitrogens is 1. The number of hydrogen-bond acceptors (Lipinski definition) is 4. The van der Waals surface area contributed by atoms with Gasteiger partial charge in [-0.1, -0.05) is 35.4 Å². The summed E-state index contributed by atoms with van der Waals surface area (Å²) in [4.78, 5) is 16.3. The first-order chi connectivity index (χ1) is 13.0. The van der Waals surface area contributed by atoms with Crippen LogP contribution < -0.4 is 15.4 Å².